The first-order valence-corrected chi connectivity index (χ1v) is 13.1. The van der Waals surface area contributed by atoms with E-state index in [0.717, 1.165) is 11.1 Å². The molecule has 0 saturated heterocycles. The fraction of sp³-hybridized carbons (Fsp3) is 0.440. The van der Waals surface area contributed by atoms with Gasteiger partial charge < -0.3 is 10.8 Å². The SMILES string of the molecule is Cc1ccc(S(=O)(=O)[N+](CC(C)C)(C(=S)Cc2ccccc2)[C@@H](CCCCN)C(=O)O)cc1. The van der Waals surface area contributed by atoms with Gasteiger partial charge in [0.2, 0.25) is 6.04 Å². The maximum absolute atomic E-state index is 14.3. The predicted molar refractivity (Wildman–Crippen MR) is 135 cm³/mol. The standard InChI is InChI=1S/C25H34N2O4S2/c1-19(2)18-27(23(25(28)29)11-7-8-16-26,24(32)17-21-9-5-4-6-10-21)33(30,31)22-14-12-20(3)13-15-22/h4-6,9-10,12-15,19,23H,7-8,11,16-18,26H2,1-3H3/p+1/t23-,27?/m0/s1. The summed E-state index contributed by atoms with van der Waals surface area (Å²) in [5.74, 6) is -1.28. The van der Waals surface area contributed by atoms with Crippen LogP contribution in [0.4, 0.5) is 0 Å². The highest BCUT2D eigenvalue weighted by Gasteiger charge is 2.56. The van der Waals surface area contributed by atoms with Crippen LogP contribution in [0.15, 0.2) is 59.5 Å². The van der Waals surface area contributed by atoms with E-state index >= 15 is 0 Å². The summed E-state index contributed by atoms with van der Waals surface area (Å²) in [6, 6.07) is 14.6. The van der Waals surface area contributed by atoms with E-state index in [1.54, 1.807) is 24.3 Å². The molecule has 8 heteroatoms. The van der Waals surface area contributed by atoms with Crippen molar-refractivity contribution >= 4 is 33.2 Å². The molecule has 0 aliphatic rings. The number of rotatable bonds is 12. The van der Waals surface area contributed by atoms with E-state index < -0.39 is 25.9 Å². The molecule has 0 heterocycles. The number of carboxylic acids is 1. The fourth-order valence-corrected chi connectivity index (χ4v) is 7.02. The van der Waals surface area contributed by atoms with Crippen molar-refractivity contribution in [3.8, 4) is 0 Å². The van der Waals surface area contributed by atoms with E-state index in [1.165, 1.54) is 0 Å². The Hall–Kier alpha value is -2.13. The summed E-state index contributed by atoms with van der Waals surface area (Å²) >= 11 is 5.84. The summed E-state index contributed by atoms with van der Waals surface area (Å²) in [6.45, 7) is 6.14. The summed E-state index contributed by atoms with van der Waals surface area (Å²) in [7, 11) is -4.19. The van der Waals surface area contributed by atoms with Crippen LogP contribution < -0.4 is 5.73 Å². The smallest absolute Gasteiger partial charge is 0.364 e. The minimum atomic E-state index is -4.19. The Bertz CT molecular complexity index is 1040. The van der Waals surface area contributed by atoms with E-state index in [0.29, 0.717) is 19.4 Å². The number of aryl methyl sites for hydroxylation is 1. The quantitative estimate of drug-likeness (QED) is 0.261. The highest BCUT2D eigenvalue weighted by atomic mass is 32.2. The van der Waals surface area contributed by atoms with Gasteiger partial charge in [0, 0.05) is 12.3 Å². The zero-order valence-corrected chi connectivity index (χ0v) is 21.2. The van der Waals surface area contributed by atoms with Crippen molar-refractivity contribution < 1.29 is 22.2 Å². The molecule has 1 unspecified atom stereocenters. The average Bonchev–Trinajstić information content (AvgIpc) is 2.76. The van der Waals surface area contributed by atoms with Gasteiger partial charge in [0.1, 0.15) is 11.4 Å². The van der Waals surface area contributed by atoms with Crippen LogP contribution in [-0.2, 0) is 21.2 Å². The first-order valence-electron chi connectivity index (χ1n) is 11.3. The minimum Gasteiger partial charge on any atom is -0.477 e. The molecule has 3 N–H and O–H groups in total. The van der Waals surface area contributed by atoms with Gasteiger partial charge in [0.05, 0.1) is 6.42 Å². The predicted octanol–water partition coefficient (Wildman–Crippen LogP) is 4.31. The molecule has 0 aromatic heterocycles. The van der Waals surface area contributed by atoms with Crippen molar-refractivity contribution in [1.82, 2.24) is 0 Å². The van der Waals surface area contributed by atoms with Crippen LogP contribution in [0.25, 0.3) is 0 Å². The number of unbranched alkanes of at least 4 members (excludes halogenated alkanes) is 1. The van der Waals surface area contributed by atoms with Gasteiger partial charge in [-0.15, -0.1) is 0 Å². The zero-order chi connectivity index (χ0) is 24.6. The van der Waals surface area contributed by atoms with Crippen molar-refractivity contribution in [1.29, 1.82) is 0 Å². The lowest BCUT2D eigenvalue weighted by molar-refractivity contribution is -0.735. The molecule has 0 bridgehead atoms. The maximum Gasteiger partial charge on any atom is 0.364 e. The molecule has 0 fully saturated rings. The molecule has 0 saturated carbocycles. The van der Waals surface area contributed by atoms with Gasteiger partial charge in [0.25, 0.3) is 0 Å². The van der Waals surface area contributed by atoms with Crippen LogP contribution in [0.3, 0.4) is 0 Å². The summed E-state index contributed by atoms with van der Waals surface area (Å²) in [5, 5.41) is 10.3. The molecule has 0 aliphatic carbocycles. The molecule has 0 spiro atoms. The van der Waals surface area contributed by atoms with Crippen molar-refractivity contribution in [3.63, 3.8) is 0 Å². The molecule has 2 aromatic rings. The molecule has 0 amide bonds. The second-order valence-corrected chi connectivity index (χ2v) is 11.4. The summed E-state index contributed by atoms with van der Waals surface area (Å²) in [5.41, 5.74) is 7.40. The van der Waals surface area contributed by atoms with E-state index in [-0.39, 0.29) is 35.2 Å². The summed E-state index contributed by atoms with van der Waals surface area (Å²) in [6.07, 6.45) is 1.47. The normalized spacial score (nSPS) is 14.6. The lowest BCUT2D eigenvalue weighted by Crippen LogP contribution is -2.66. The molecule has 6 nitrogen and oxygen atoms in total. The molecule has 2 atom stereocenters. The Balaban J connectivity index is 2.76. The van der Waals surface area contributed by atoms with Crippen molar-refractivity contribution in [3.05, 3.63) is 65.7 Å². The van der Waals surface area contributed by atoms with Crippen LogP contribution in [0.5, 0.6) is 0 Å². The Morgan fingerprint density at radius 1 is 1.06 bits per heavy atom. The van der Waals surface area contributed by atoms with Crippen LogP contribution in [0.1, 0.15) is 44.2 Å². The van der Waals surface area contributed by atoms with Gasteiger partial charge in [-0.2, -0.15) is 12.3 Å². The molecule has 180 valence electrons. The first kappa shape index (κ1) is 27.1. The molecule has 2 aromatic carbocycles. The molecule has 33 heavy (non-hydrogen) atoms. The lowest BCUT2D eigenvalue weighted by atomic mass is 10.0. The first-order chi connectivity index (χ1) is 15.6. The van der Waals surface area contributed by atoms with Gasteiger partial charge >= 0.3 is 16.0 Å². The Morgan fingerprint density at radius 2 is 1.67 bits per heavy atom. The number of carboxylic acid groups (broad SMARTS) is 1. The largest absolute Gasteiger partial charge is 0.477 e. The molecular formula is C25H35N2O4S2+. The number of sulfonamides is 1. The number of nitrogens with zero attached hydrogens (tertiary/aromatic N) is 1. The monoisotopic (exact) mass is 491 g/mol. The summed E-state index contributed by atoms with van der Waals surface area (Å²) < 4.78 is 27.8. The average molecular weight is 492 g/mol. The van der Waals surface area contributed by atoms with Gasteiger partial charge in [-0.1, -0.05) is 61.9 Å². The zero-order valence-electron chi connectivity index (χ0n) is 19.6. The van der Waals surface area contributed by atoms with E-state index in [1.807, 2.05) is 51.1 Å². The number of aliphatic carboxylic acids is 1. The van der Waals surface area contributed by atoms with E-state index in [2.05, 4.69) is 0 Å². The Morgan fingerprint density at radius 3 is 2.18 bits per heavy atom. The highest BCUT2D eigenvalue weighted by molar-refractivity contribution is 7.88. The number of hydrogen-bond acceptors (Lipinski definition) is 5. The third-order valence-corrected chi connectivity index (χ3v) is 8.66. The molecule has 0 aliphatic heterocycles. The number of thiocarbonyl (C=S) groups is 1. The number of benzene rings is 2. The number of hydrogen-bond donors (Lipinski definition) is 2. The van der Waals surface area contributed by atoms with Crippen molar-refractivity contribution in [2.45, 2.75) is 57.4 Å². The van der Waals surface area contributed by atoms with Gasteiger partial charge in [0.15, 0.2) is 4.99 Å². The third-order valence-electron chi connectivity index (χ3n) is 5.72. The van der Waals surface area contributed by atoms with Crippen LogP contribution >= 0.6 is 12.2 Å². The highest BCUT2D eigenvalue weighted by Crippen LogP contribution is 2.35. The van der Waals surface area contributed by atoms with Gasteiger partial charge in [-0.3, -0.25) is 0 Å². The van der Waals surface area contributed by atoms with Crippen LogP contribution in [-0.4, -0.2) is 47.5 Å². The molecular weight excluding hydrogens is 456 g/mol. The van der Waals surface area contributed by atoms with Crippen LogP contribution in [0, 0.1) is 12.8 Å². The lowest BCUT2D eigenvalue weighted by Gasteiger charge is -2.42. The Labute approximate surface area is 203 Å². The number of carbonyl (C=O) groups is 1. The summed E-state index contributed by atoms with van der Waals surface area (Å²) in [4.78, 5) is 12.9. The van der Waals surface area contributed by atoms with Crippen LogP contribution in [0.2, 0.25) is 0 Å². The van der Waals surface area contributed by atoms with E-state index in [9.17, 15) is 18.3 Å². The third kappa shape index (κ3) is 6.26. The second kappa shape index (κ2) is 11.8. The number of quaternary nitrogens is 1. The van der Waals surface area contributed by atoms with E-state index in [4.69, 9.17) is 18.0 Å². The Kier molecular flexibility index (Phi) is 9.72. The van der Waals surface area contributed by atoms with Crippen molar-refractivity contribution in [2.24, 2.45) is 11.7 Å². The topological polar surface area (TPSA) is 97.5 Å². The van der Waals surface area contributed by atoms with Crippen molar-refractivity contribution in [2.75, 3.05) is 13.1 Å². The maximum atomic E-state index is 14.3. The minimum absolute atomic E-state index is 0.0709. The number of nitrogens with two attached hydrogens (primary N) is 1. The fourth-order valence-electron chi connectivity index (χ4n) is 4.14. The molecule has 2 rings (SSSR count). The van der Waals surface area contributed by atoms with Gasteiger partial charge in [-0.05, 0) is 56.2 Å². The second-order valence-electron chi connectivity index (χ2n) is 8.85. The van der Waals surface area contributed by atoms with Gasteiger partial charge in [-0.25, -0.2) is 4.79 Å². The molecule has 0 radical (unpaired) electrons.